The molecule has 0 spiro atoms. The van der Waals surface area contributed by atoms with Gasteiger partial charge in [-0.3, -0.25) is 4.79 Å². The summed E-state index contributed by atoms with van der Waals surface area (Å²) >= 11 is 0. The van der Waals surface area contributed by atoms with Gasteiger partial charge in [0.05, 0.1) is 11.3 Å². The molecule has 0 aliphatic rings. The van der Waals surface area contributed by atoms with Crippen LogP contribution in [0.3, 0.4) is 0 Å². The largest absolute Gasteiger partial charge is 0.478 e. The third-order valence-electron chi connectivity index (χ3n) is 1.60. The molecule has 0 aromatic heterocycles. The number of aromatic carboxylic acids is 1. The van der Waals surface area contributed by atoms with E-state index < -0.39 is 17.8 Å². The van der Waals surface area contributed by atoms with E-state index in [1.807, 2.05) is 5.32 Å². The Labute approximate surface area is 84.1 Å². The first-order valence-electron chi connectivity index (χ1n) is 3.89. The molecule has 3 N–H and O–H groups in total. The van der Waals surface area contributed by atoms with Gasteiger partial charge in [-0.1, -0.05) is 12.1 Å². The molecule has 6 nitrogen and oxygen atoms in total. The first-order valence-corrected chi connectivity index (χ1v) is 3.89. The SMILES string of the molecule is O=C(O)C(=O)Nc1ccccc1C(=O)O. The summed E-state index contributed by atoms with van der Waals surface area (Å²) in [6.07, 6.45) is 0. The fourth-order valence-electron chi connectivity index (χ4n) is 0.954. The van der Waals surface area contributed by atoms with E-state index in [-0.39, 0.29) is 11.3 Å². The smallest absolute Gasteiger partial charge is 0.394 e. The Bertz CT molecular complexity index is 426. The van der Waals surface area contributed by atoms with Crippen molar-refractivity contribution in [2.75, 3.05) is 5.32 Å². The van der Waals surface area contributed by atoms with Crippen LogP contribution in [-0.2, 0) is 9.59 Å². The fourth-order valence-corrected chi connectivity index (χ4v) is 0.954. The zero-order valence-electron chi connectivity index (χ0n) is 7.43. The minimum absolute atomic E-state index is 0.0441. The van der Waals surface area contributed by atoms with Crippen LogP contribution in [0.1, 0.15) is 10.4 Å². The molecule has 6 heteroatoms. The molecule has 0 heterocycles. The monoisotopic (exact) mass is 209 g/mol. The van der Waals surface area contributed by atoms with Crippen molar-refractivity contribution in [2.45, 2.75) is 0 Å². The lowest BCUT2D eigenvalue weighted by atomic mass is 10.2. The number of para-hydroxylation sites is 1. The second-order valence-electron chi connectivity index (χ2n) is 2.61. The van der Waals surface area contributed by atoms with Gasteiger partial charge in [0.15, 0.2) is 0 Å². The minimum atomic E-state index is -1.67. The van der Waals surface area contributed by atoms with Crippen molar-refractivity contribution in [1.29, 1.82) is 0 Å². The molecule has 0 saturated heterocycles. The summed E-state index contributed by atoms with van der Waals surface area (Å²) in [6.45, 7) is 0. The summed E-state index contributed by atoms with van der Waals surface area (Å²) in [6, 6.07) is 5.54. The first kappa shape index (κ1) is 10.7. The highest BCUT2D eigenvalue weighted by atomic mass is 16.4. The number of nitrogens with one attached hydrogen (secondary N) is 1. The van der Waals surface area contributed by atoms with E-state index in [9.17, 15) is 14.4 Å². The lowest BCUT2D eigenvalue weighted by Crippen LogP contribution is -2.23. The van der Waals surface area contributed by atoms with E-state index in [0.29, 0.717) is 0 Å². The van der Waals surface area contributed by atoms with E-state index in [1.54, 1.807) is 0 Å². The van der Waals surface area contributed by atoms with Crippen molar-refractivity contribution in [3.8, 4) is 0 Å². The van der Waals surface area contributed by atoms with Crippen molar-refractivity contribution in [3.05, 3.63) is 29.8 Å². The van der Waals surface area contributed by atoms with Gasteiger partial charge in [-0.25, -0.2) is 9.59 Å². The Balaban J connectivity index is 2.99. The maximum atomic E-state index is 10.8. The lowest BCUT2D eigenvalue weighted by molar-refractivity contribution is -0.147. The molecular weight excluding hydrogens is 202 g/mol. The van der Waals surface area contributed by atoms with Gasteiger partial charge in [0, 0.05) is 0 Å². The zero-order valence-corrected chi connectivity index (χ0v) is 7.43. The molecule has 0 saturated carbocycles. The van der Waals surface area contributed by atoms with E-state index in [4.69, 9.17) is 10.2 Å². The summed E-state index contributed by atoms with van der Waals surface area (Å²) in [5, 5.41) is 19.0. The van der Waals surface area contributed by atoms with Crippen LogP contribution in [0.5, 0.6) is 0 Å². The van der Waals surface area contributed by atoms with E-state index >= 15 is 0 Å². The summed E-state index contributed by atoms with van der Waals surface area (Å²) < 4.78 is 0. The van der Waals surface area contributed by atoms with Crippen LogP contribution in [0.25, 0.3) is 0 Å². The van der Waals surface area contributed by atoms with Gasteiger partial charge in [-0.05, 0) is 12.1 Å². The number of rotatable bonds is 2. The normalized spacial score (nSPS) is 9.33. The van der Waals surface area contributed by atoms with Crippen molar-refractivity contribution >= 4 is 23.5 Å². The van der Waals surface area contributed by atoms with E-state index in [2.05, 4.69) is 0 Å². The zero-order chi connectivity index (χ0) is 11.4. The van der Waals surface area contributed by atoms with Gasteiger partial charge in [0.25, 0.3) is 0 Å². The van der Waals surface area contributed by atoms with Crippen molar-refractivity contribution in [2.24, 2.45) is 0 Å². The molecule has 1 aromatic carbocycles. The molecule has 78 valence electrons. The van der Waals surface area contributed by atoms with Crippen molar-refractivity contribution in [3.63, 3.8) is 0 Å². The highest BCUT2D eigenvalue weighted by molar-refractivity contribution is 6.36. The fraction of sp³-hybridized carbons (Fsp3) is 0. The molecule has 1 rings (SSSR count). The third kappa shape index (κ3) is 2.53. The topological polar surface area (TPSA) is 104 Å². The van der Waals surface area contributed by atoms with Gasteiger partial charge in [-0.2, -0.15) is 0 Å². The average molecular weight is 209 g/mol. The summed E-state index contributed by atoms with van der Waals surface area (Å²) in [5.74, 6) is -4.19. The maximum Gasteiger partial charge on any atom is 0.394 e. The number of benzene rings is 1. The maximum absolute atomic E-state index is 10.8. The van der Waals surface area contributed by atoms with Crippen LogP contribution >= 0.6 is 0 Å². The second-order valence-corrected chi connectivity index (χ2v) is 2.61. The highest BCUT2D eigenvalue weighted by Gasteiger charge is 2.15. The number of carbonyl (C=O) groups excluding carboxylic acids is 1. The number of hydrogen-bond donors (Lipinski definition) is 3. The number of hydrogen-bond acceptors (Lipinski definition) is 3. The Morgan fingerprint density at radius 3 is 2.20 bits per heavy atom. The number of aliphatic carboxylic acids is 1. The van der Waals surface area contributed by atoms with E-state index in [0.717, 1.165) is 0 Å². The summed E-state index contributed by atoms with van der Waals surface area (Å²) in [5.41, 5.74) is -0.204. The van der Waals surface area contributed by atoms with Gasteiger partial charge in [-0.15, -0.1) is 0 Å². The Hall–Kier alpha value is -2.37. The molecule has 15 heavy (non-hydrogen) atoms. The van der Waals surface area contributed by atoms with Crippen molar-refractivity contribution in [1.82, 2.24) is 0 Å². The minimum Gasteiger partial charge on any atom is -0.478 e. The molecule has 0 radical (unpaired) electrons. The number of carboxylic acids is 2. The van der Waals surface area contributed by atoms with Crippen LogP contribution in [-0.4, -0.2) is 28.1 Å². The molecule has 0 aliphatic carbocycles. The average Bonchev–Trinajstić information content (AvgIpc) is 2.18. The number of carboxylic acid groups (broad SMARTS) is 2. The molecule has 0 unspecified atom stereocenters. The molecule has 0 atom stereocenters. The molecule has 0 bridgehead atoms. The second kappa shape index (κ2) is 4.23. The number of carbonyl (C=O) groups is 3. The predicted molar refractivity (Wildman–Crippen MR) is 49.7 cm³/mol. The Kier molecular flexibility index (Phi) is 3.02. The number of amides is 1. The molecule has 0 aliphatic heterocycles. The summed E-state index contributed by atoms with van der Waals surface area (Å²) in [7, 11) is 0. The van der Waals surface area contributed by atoms with Crippen LogP contribution in [0, 0.1) is 0 Å². The quantitative estimate of drug-likeness (QED) is 0.612. The third-order valence-corrected chi connectivity index (χ3v) is 1.60. The predicted octanol–water partition coefficient (Wildman–Crippen LogP) is 0.408. The van der Waals surface area contributed by atoms with Crippen LogP contribution in [0.15, 0.2) is 24.3 Å². The van der Waals surface area contributed by atoms with Gasteiger partial charge < -0.3 is 15.5 Å². The van der Waals surface area contributed by atoms with Crippen LogP contribution in [0.4, 0.5) is 5.69 Å². The van der Waals surface area contributed by atoms with E-state index in [1.165, 1.54) is 24.3 Å². The van der Waals surface area contributed by atoms with Crippen molar-refractivity contribution < 1.29 is 24.6 Å². The molecule has 1 amide bonds. The van der Waals surface area contributed by atoms with Crippen LogP contribution in [0.2, 0.25) is 0 Å². The number of anilines is 1. The molecule has 1 aromatic rings. The highest BCUT2D eigenvalue weighted by Crippen LogP contribution is 2.14. The molecule has 0 fully saturated rings. The van der Waals surface area contributed by atoms with Gasteiger partial charge in [0.1, 0.15) is 0 Å². The first-order chi connectivity index (χ1) is 7.02. The molecular formula is C9H7NO5. The van der Waals surface area contributed by atoms with Crippen LogP contribution < -0.4 is 5.32 Å². The Morgan fingerprint density at radius 2 is 1.67 bits per heavy atom. The van der Waals surface area contributed by atoms with Gasteiger partial charge >= 0.3 is 17.8 Å². The Morgan fingerprint density at radius 1 is 1.07 bits per heavy atom. The van der Waals surface area contributed by atoms with Gasteiger partial charge in [0.2, 0.25) is 0 Å². The summed E-state index contributed by atoms with van der Waals surface area (Å²) in [4.78, 5) is 31.7. The standard InChI is InChI=1S/C9H7NO5/c11-7(9(14)15)10-6-4-2-1-3-5(6)8(12)13/h1-4H,(H,10,11)(H,12,13)(H,14,15). The lowest BCUT2D eigenvalue weighted by Gasteiger charge is -2.05.